The van der Waals surface area contributed by atoms with Crippen LogP contribution < -0.4 is 5.32 Å². The van der Waals surface area contributed by atoms with Crippen molar-refractivity contribution in [2.45, 2.75) is 0 Å². The molecule has 0 aromatic carbocycles. The second kappa shape index (κ2) is 8.00. The van der Waals surface area contributed by atoms with Gasteiger partial charge in [-0.2, -0.15) is 0 Å². The number of hydrogen-bond acceptors (Lipinski definition) is 5. The van der Waals surface area contributed by atoms with Gasteiger partial charge in [-0.1, -0.05) is 0 Å². The van der Waals surface area contributed by atoms with E-state index in [9.17, 15) is 8.42 Å². The Kier molecular flexibility index (Phi) is 7.91. The molecular weight excluding hydrogens is 226 g/mol. The molecule has 0 rings (SSSR count). The van der Waals surface area contributed by atoms with Crippen LogP contribution in [0.3, 0.4) is 0 Å². The maximum absolute atomic E-state index is 10.8. The Hall–Kier alpha value is -0.170. The van der Waals surface area contributed by atoms with Crippen LogP contribution in [0.15, 0.2) is 0 Å². The van der Waals surface area contributed by atoms with E-state index in [0.717, 1.165) is 26.2 Å². The maximum Gasteiger partial charge on any atom is 0.148 e. The molecule has 98 valence electrons. The van der Waals surface area contributed by atoms with E-state index in [2.05, 4.69) is 36.3 Å². The summed E-state index contributed by atoms with van der Waals surface area (Å²) < 4.78 is 21.7. The molecule has 0 heterocycles. The van der Waals surface area contributed by atoms with Crippen LogP contribution in [0.4, 0.5) is 0 Å². The van der Waals surface area contributed by atoms with E-state index >= 15 is 0 Å². The summed E-state index contributed by atoms with van der Waals surface area (Å²) >= 11 is 0. The lowest BCUT2D eigenvalue weighted by molar-refractivity contribution is 0.282. The van der Waals surface area contributed by atoms with Crippen molar-refractivity contribution < 1.29 is 8.42 Å². The number of hydrogen-bond donors (Lipinski definition) is 1. The van der Waals surface area contributed by atoms with Crippen molar-refractivity contribution in [1.82, 2.24) is 15.1 Å². The summed E-state index contributed by atoms with van der Waals surface area (Å²) in [5.74, 6) is 0.217. The molecule has 0 atom stereocenters. The summed E-state index contributed by atoms with van der Waals surface area (Å²) in [5, 5.41) is 3.13. The average Bonchev–Trinajstić information content (AvgIpc) is 2.12. The fraction of sp³-hybridized carbons (Fsp3) is 1.00. The molecule has 0 aliphatic carbocycles. The first kappa shape index (κ1) is 15.8. The second-order valence-corrected chi connectivity index (χ2v) is 6.75. The van der Waals surface area contributed by atoms with Crippen molar-refractivity contribution in [2.24, 2.45) is 0 Å². The van der Waals surface area contributed by atoms with Gasteiger partial charge in [0.15, 0.2) is 0 Å². The van der Waals surface area contributed by atoms with Crippen LogP contribution >= 0.6 is 0 Å². The van der Waals surface area contributed by atoms with Gasteiger partial charge in [-0.3, -0.25) is 0 Å². The lowest BCUT2D eigenvalue weighted by atomic mass is 10.4. The highest BCUT2D eigenvalue weighted by atomic mass is 32.2. The van der Waals surface area contributed by atoms with E-state index in [0.29, 0.717) is 6.54 Å². The maximum atomic E-state index is 10.8. The molecule has 0 saturated carbocycles. The molecular formula is C10H25N3O2S. The number of nitrogens with zero attached hydrogens (tertiary/aromatic N) is 2. The van der Waals surface area contributed by atoms with Crippen molar-refractivity contribution in [3.63, 3.8) is 0 Å². The summed E-state index contributed by atoms with van der Waals surface area (Å²) in [6, 6.07) is 0. The molecule has 16 heavy (non-hydrogen) atoms. The highest BCUT2D eigenvalue weighted by Crippen LogP contribution is 1.83. The molecule has 0 aromatic rings. The lowest BCUT2D eigenvalue weighted by Gasteiger charge is -2.19. The van der Waals surface area contributed by atoms with Gasteiger partial charge < -0.3 is 15.1 Å². The molecule has 0 saturated heterocycles. The summed E-state index contributed by atoms with van der Waals surface area (Å²) in [6.45, 7) is 4.39. The van der Waals surface area contributed by atoms with Gasteiger partial charge in [0.1, 0.15) is 9.84 Å². The predicted molar refractivity (Wildman–Crippen MR) is 68.6 cm³/mol. The highest BCUT2D eigenvalue weighted by Gasteiger charge is 2.01. The minimum Gasteiger partial charge on any atom is -0.314 e. The van der Waals surface area contributed by atoms with E-state index in [4.69, 9.17) is 0 Å². The molecule has 0 fully saturated rings. The third kappa shape index (κ3) is 11.9. The average molecular weight is 251 g/mol. The third-order valence-electron chi connectivity index (χ3n) is 2.25. The van der Waals surface area contributed by atoms with Crippen molar-refractivity contribution >= 4 is 9.84 Å². The Morgan fingerprint density at radius 2 is 1.62 bits per heavy atom. The van der Waals surface area contributed by atoms with Crippen LogP contribution in [0, 0.1) is 0 Å². The van der Waals surface area contributed by atoms with Crippen molar-refractivity contribution in [2.75, 3.05) is 65.9 Å². The Labute approximate surface area is 99.7 Å². The summed E-state index contributed by atoms with van der Waals surface area (Å²) in [5.41, 5.74) is 0. The largest absolute Gasteiger partial charge is 0.314 e. The van der Waals surface area contributed by atoms with Gasteiger partial charge in [-0.15, -0.1) is 0 Å². The smallest absolute Gasteiger partial charge is 0.148 e. The fourth-order valence-corrected chi connectivity index (χ4v) is 1.65. The van der Waals surface area contributed by atoms with E-state index in [-0.39, 0.29) is 5.75 Å². The molecule has 0 bridgehead atoms. The Balaban J connectivity index is 3.38. The van der Waals surface area contributed by atoms with Crippen LogP contribution in [0.2, 0.25) is 0 Å². The van der Waals surface area contributed by atoms with E-state index in [1.165, 1.54) is 6.26 Å². The second-order valence-electron chi connectivity index (χ2n) is 4.49. The molecule has 1 N–H and O–H groups in total. The summed E-state index contributed by atoms with van der Waals surface area (Å²) in [6.07, 6.45) is 1.26. The first-order chi connectivity index (χ1) is 7.31. The number of nitrogens with one attached hydrogen (secondary N) is 1. The first-order valence-corrected chi connectivity index (χ1v) is 7.59. The van der Waals surface area contributed by atoms with Crippen molar-refractivity contribution in [1.29, 1.82) is 0 Å². The van der Waals surface area contributed by atoms with Gasteiger partial charge >= 0.3 is 0 Å². The Morgan fingerprint density at radius 1 is 1.00 bits per heavy atom. The monoisotopic (exact) mass is 251 g/mol. The molecule has 0 aliphatic heterocycles. The highest BCUT2D eigenvalue weighted by molar-refractivity contribution is 7.90. The van der Waals surface area contributed by atoms with Gasteiger partial charge in [0, 0.05) is 39.0 Å². The molecule has 0 amide bonds. The number of likely N-dealkylation sites (N-methyl/N-ethyl adjacent to an activating group) is 2. The van der Waals surface area contributed by atoms with Gasteiger partial charge in [-0.05, 0) is 21.1 Å². The normalized spacial score (nSPS) is 12.6. The van der Waals surface area contributed by atoms with Crippen LogP contribution in [-0.2, 0) is 9.84 Å². The zero-order chi connectivity index (χ0) is 12.6. The van der Waals surface area contributed by atoms with Crippen molar-refractivity contribution in [3.05, 3.63) is 0 Å². The lowest BCUT2D eigenvalue weighted by Crippen LogP contribution is -2.35. The Bertz CT molecular complexity index is 265. The van der Waals surface area contributed by atoms with E-state index < -0.39 is 9.84 Å². The molecule has 5 nitrogen and oxygen atoms in total. The van der Waals surface area contributed by atoms with Gasteiger partial charge in [0.05, 0.1) is 5.75 Å². The van der Waals surface area contributed by atoms with Gasteiger partial charge in [-0.25, -0.2) is 8.42 Å². The minimum atomic E-state index is -2.83. The zero-order valence-electron chi connectivity index (χ0n) is 10.9. The number of sulfone groups is 1. The van der Waals surface area contributed by atoms with Crippen LogP contribution in [0.5, 0.6) is 0 Å². The number of rotatable bonds is 9. The minimum absolute atomic E-state index is 0.217. The molecule has 0 unspecified atom stereocenters. The van der Waals surface area contributed by atoms with Gasteiger partial charge in [0.2, 0.25) is 0 Å². The molecule has 0 aromatic heterocycles. The fourth-order valence-electron chi connectivity index (χ4n) is 1.13. The summed E-state index contributed by atoms with van der Waals surface area (Å²) in [7, 11) is 3.35. The third-order valence-corrected chi connectivity index (χ3v) is 3.19. The molecule has 0 spiro atoms. The molecule has 0 aliphatic rings. The predicted octanol–water partition coefficient (Wildman–Crippen LogP) is -0.886. The summed E-state index contributed by atoms with van der Waals surface area (Å²) in [4.78, 5) is 4.38. The zero-order valence-corrected chi connectivity index (χ0v) is 11.7. The topological polar surface area (TPSA) is 52.6 Å². The van der Waals surface area contributed by atoms with Crippen LogP contribution in [-0.4, -0.2) is 84.1 Å². The first-order valence-electron chi connectivity index (χ1n) is 5.53. The van der Waals surface area contributed by atoms with Crippen molar-refractivity contribution in [3.8, 4) is 0 Å². The van der Waals surface area contributed by atoms with Gasteiger partial charge in [0.25, 0.3) is 0 Å². The molecule has 0 radical (unpaired) electrons. The quantitative estimate of drug-likeness (QED) is 0.539. The molecule has 6 heteroatoms. The SMILES string of the molecule is CN(C)CCN(C)CCNCCS(C)(=O)=O. The van der Waals surface area contributed by atoms with Crippen LogP contribution in [0.25, 0.3) is 0 Å². The van der Waals surface area contributed by atoms with E-state index in [1.54, 1.807) is 0 Å². The Morgan fingerprint density at radius 3 is 2.12 bits per heavy atom. The van der Waals surface area contributed by atoms with Crippen LogP contribution in [0.1, 0.15) is 0 Å². The van der Waals surface area contributed by atoms with E-state index in [1.807, 2.05) is 0 Å². The standard InChI is InChI=1S/C10H25N3O2S/c1-12(2)8-9-13(3)7-5-11-6-10-16(4,14)15/h11H,5-10H2,1-4H3.